The molecule has 2 N–H and O–H groups in total. The molecule has 1 aromatic rings. The number of nitrogens with two attached hydrogens (primary N) is 1. The van der Waals surface area contributed by atoms with Gasteiger partial charge in [-0.15, -0.1) is 0 Å². The summed E-state index contributed by atoms with van der Waals surface area (Å²) in [6.07, 6.45) is 2.86. The van der Waals surface area contributed by atoms with Crippen LogP contribution in [0, 0.1) is 0 Å². The van der Waals surface area contributed by atoms with Gasteiger partial charge in [0.25, 0.3) is 0 Å². The summed E-state index contributed by atoms with van der Waals surface area (Å²) in [6.45, 7) is 3.92. The summed E-state index contributed by atoms with van der Waals surface area (Å²) < 4.78 is 1.54. The van der Waals surface area contributed by atoms with Gasteiger partial charge in [0.05, 0.1) is 0 Å². The number of aryl methyl sites for hydroxylation is 1. The molecule has 6 nitrogen and oxygen atoms in total. The van der Waals surface area contributed by atoms with Crippen molar-refractivity contribution in [2.24, 2.45) is 0 Å². The minimum Gasteiger partial charge on any atom is -0.383 e. The summed E-state index contributed by atoms with van der Waals surface area (Å²) in [5, 5.41) is 0. The van der Waals surface area contributed by atoms with E-state index in [2.05, 4.69) is 4.98 Å². The molecule has 0 aromatic carbocycles. The van der Waals surface area contributed by atoms with Crippen LogP contribution in [0.2, 0.25) is 0 Å². The summed E-state index contributed by atoms with van der Waals surface area (Å²) in [5.74, 6) is -0.146. The zero-order valence-corrected chi connectivity index (χ0v) is 9.34. The van der Waals surface area contributed by atoms with E-state index in [4.69, 9.17) is 10.5 Å². The Kier molecular flexibility index (Phi) is 6.42. The average molecular weight is 225 g/mol. The first kappa shape index (κ1) is 14.0. The highest BCUT2D eigenvalue weighted by molar-refractivity contribution is 6.23. The molecule has 0 aliphatic heterocycles. The van der Waals surface area contributed by atoms with Crippen LogP contribution in [0.15, 0.2) is 17.1 Å². The maximum absolute atomic E-state index is 11.0. The molecule has 0 saturated carbocycles. The number of Topliss-reactive ketones (excluding diaryl/α,β-unsaturated/α-hetero) is 1. The smallest absolute Gasteiger partial charge is 0.349 e. The molecule has 0 atom stereocenters. The molecule has 0 aliphatic rings. The van der Waals surface area contributed by atoms with Gasteiger partial charge in [-0.25, -0.2) is 4.79 Å². The van der Waals surface area contributed by atoms with Crippen molar-refractivity contribution in [3.8, 4) is 0 Å². The van der Waals surface area contributed by atoms with E-state index < -0.39 is 5.78 Å². The number of ketones is 1. The van der Waals surface area contributed by atoms with E-state index in [0.29, 0.717) is 6.54 Å². The number of carbonyl (C=O) groups excluding carboxylic acids is 2. The van der Waals surface area contributed by atoms with E-state index >= 15 is 0 Å². The van der Waals surface area contributed by atoms with Gasteiger partial charge >= 0.3 is 5.69 Å². The molecular formula is C10H15N3O3. The highest BCUT2D eigenvalue weighted by atomic mass is 16.2. The SMILES string of the molecule is CC(=O)C=O.CCCn1ccc(N)nc1=O. The highest BCUT2D eigenvalue weighted by Gasteiger charge is 1.94. The first-order chi connectivity index (χ1) is 7.51. The lowest BCUT2D eigenvalue weighted by Gasteiger charge is -2.00. The van der Waals surface area contributed by atoms with Crippen molar-refractivity contribution in [3.05, 3.63) is 22.7 Å². The number of hydrogen-bond donors (Lipinski definition) is 1. The Morgan fingerprint density at radius 3 is 2.56 bits per heavy atom. The van der Waals surface area contributed by atoms with Crippen molar-refractivity contribution < 1.29 is 9.59 Å². The van der Waals surface area contributed by atoms with Gasteiger partial charge in [-0.3, -0.25) is 14.2 Å². The predicted octanol–water partition coefficient (Wildman–Crippen LogP) is 0.00980. The number of nitrogen functional groups attached to an aromatic ring is 1. The van der Waals surface area contributed by atoms with Gasteiger partial charge in [-0.1, -0.05) is 6.92 Å². The maximum atomic E-state index is 11.0. The summed E-state index contributed by atoms with van der Waals surface area (Å²) >= 11 is 0. The van der Waals surface area contributed by atoms with Crippen LogP contribution in [0.4, 0.5) is 5.82 Å². The zero-order chi connectivity index (χ0) is 12.6. The van der Waals surface area contributed by atoms with Crippen LogP contribution in [0.5, 0.6) is 0 Å². The van der Waals surface area contributed by atoms with E-state index in [9.17, 15) is 9.59 Å². The Morgan fingerprint density at radius 2 is 2.19 bits per heavy atom. The molecule has 0 bridgehead atoms. The average Bonchev–Trinajstić information content (AvgIpc) is 2.23. The Labute approximate surface area is 93.1 Å². The van der Waals surface area contributed by atoms with Crippen molar-refractivity contribution in [2.45, 2.75) is 26.8 Å². The molecule has 16 heavy (non-hydrogen) atoms. The van der Waals surface area contributed by atoms with Crippen LogP contribution in [0.3, 0.4) is 0 Å². The monoisotopic (exact) mass is 225 g/mol. The standard InChI is InChI=1S/C7H11N3O.C3H4O2/c1-2-4-10-5-3-6(8)9-7(10)11;1-3(5)2-4/h3,5H,2,4H2,1H3,(H2,8,9,11);2H,1H3. The number of nitrogens with zero attached hydrogens (tertiary/aromatic N) is 2. The van der Waals surface area contributed by atoms with Gasteiger partial charge in [0.2, 0.25) is 0 Å². The first-order valence-electron chi connectivity index (χ1n) is 4.80. The number of rotatable bonds is 3. The third-order valence-electron chi connectivity index (χ3n) is 1.53. The second-order valence-corrected chi connectivity index (χ2v) is 3.06. The summed E-state index contributed by atoms with van der Waals surface area (Å²) in [6, 6.07) is 1.62. The second kappa shape index (κ2) is 7.33. The Hall–Kier alpha value is -1.98. The van der Waals surface area contributed by atoms with E-state index in [-0.39, 0.29) is 17.8 Å². The zero-order valence-electron chi connectivity index (χ0n) is 9.34. The summed E-state index contributed by atoms with van der Waals surface area (Å²) in [5.41, 5.74) is 5.03. The van der Waals surface area contributed by atoms with Crippen LogP contribution >= 0.6 is 0 Å². The van der Waals surface area contributed by atoms with Gasteiger partial charge in [-0.2, -0.15) is 4.98 Å². The van der Waals surface area contributed by atoms with Crippen LogP contribution in [-0.2, 0) is 16.1 Å². The fraction of sp³-hybridized carbons (Fsp3) is 0.400. The molecule has 88 valence electrons. The number of aromatic nitrogens is 2. The number of carbonyl (C=O) groups is 2. The Bertz CT molecular complexity index is 412. The summed E-state index contributed by atoms with van der Waals surface area (Å²) in [7, 11) is 0. The Morgan fingerprint density at radius 1 is 1.62 bits per heavy atom. The predicted molar refractivity (Wildman–Crippen MR) is 59.9 cm³/mol. The number of anilines is 1. The van der Waals surface area contributed by atoms with Crippen LogP contribution < -0.4 is 11.4 Å². The highest BCUT2D eigenvalue weighted by Crippen LogP contribution is 1.90. The van der Waals surface area contributed by atoms with Crippen molar-refractivity contribution in [2.75, 3.05) is 5.73 Å². The van der Waals surface area contributed by atoms with Gasteiger partial charge in [0.15, 0.2) is 12.1 Å². The van der Waals surface area contributed by atoms with Crippen LogP contribution in [-0.4, -0.2) is 21.6 Å². The van der Waals surface area contributed by atoms with Crippen molar-refractivity contribution in [1.29, 1.82) is 0 Å². The molecular weight excluding hydrogens is 210 g/mol. The molecule has 0 fully saturated rings. The molecule has 0 spiro atoms. The molecule has 0 radical (unpaired) electrons. The van der Waals surface area contributed by atoms with Crippen LogP contribution in [0.1, 0.15) is 20.3 Å². The molecule has 0 aliphatic carbocycles. The van der Waals surface area contributed by atoms with Crippen LogP contribution in [0.25, 0.3) is 0 Å². The second-order valence-electron chi connectivity index (χ2n) is 3.06. The molecule has 0 amide bonds. The lowest BCUT2D eigenvalue weighted by Crippen LogP contribution is -2.22. The fourth-order valence-electron chi connectivity index (χ4n) is 0.853. The maximum Gasteiger partial charge on any atom is 0.349 e. The summed E-state index contributed by atoms with van der Waals surface area (Å²) in [4.78, 5) is 33.2. The van der Waals surface area contributed by atoms with E-state index in [0.717, 1.165) is 6.42 Å². The third kappa shape index (κ3) is 5.69. The first-order valence-corrected chi connectivity index (χ1v) is 4.80. The largest absolute Gasteiger partial charge is 0.383 e. The topological polar surface area (TPSA) is 95.1 Å². The third-order valence-corrected chi connectivity index (χ3v) is 1.53. The quantitative estimate of drug-likeness (QED) is 0.577. The molecule has 6 heteroatoms. The molecule has 0 saturated heterocycles. The van der Waals surface area contributed by atoms with Gasteiger partial charge in [0.1, 0.15) is 5.82 Å². The fourth-order valence-corrected chi connectivity index (χ4v) is 0.853. The lowest BCUT2D eigenvalue weighted by molar-refractivity contribution is -0.128. The minimum absolute atomic E-state index is 0.271. The van der Waals surface area contributed by atoms with E-state index in [1.807, 2.05) is 6.92 Å². The molecule has 1 aromatic heterocycles. The van der Waals surface area contributed by atoms with E-state index in [1.165, 1.54) is 11.5 Å². The lowest BCUT2D eigenvalue weighted by atomic mass is 10.4. The molecule has 1 rings (SSSR count). The van der Waals surface area contributed by atoms with Gasteiger partial charge in [0, 0.05) is 19.7 Å². The normalized spacial score (nSPS) is 8.88. The van der Waals surface area contributed by atoms with Crippen molar-refractivity contribution in [1.82, 2.24) is 9.55 Å². The Balaban J connectivity index is 0.000000385. The van der Waals surface area contributed by atoms with Crippen molar-refractivity contribution >= 4 is 17.9 Å². The molecule has 0 unspecified atom stereocenters. The van der Waals surface area contributed by atoms with Crippen molar-refractivity contribution in [3.63, 3.8) is 0 Å². The number of aldehydes is 1. The minimum atomic E-state index is -0.426. The number of hydrogen-bond acceptors (Lipinski definition) is 5. The van der Waals surface area contributed by atoms with Gasteiger partial charge in [-0.05, 0) is 12.5 Å². The van der Waals surface area contributed by atoms with Gasteiger partial charge < -0.3 is 5.73 Å². The van der Waals surface area contributed by atoms with E-state index in [1.54, 1.807) is 12.3 Å². The molecule has 1 heterocycles.